The minimum absolute atomic E-state index is 0.0949. The molecule has 22 heavy (non-hydrogen) atoms. The molecular weight excluding hydrogens is 324 g/mol. The maximum atomic E-state index is 11.9. The zero-order valence-corrected chi connectivity index (χ0v) is 13.0. The summed E-state index contributed by atoms with van der Waals surface area (Å²) in [7, 11) is 0. The van der Waals surface area contributed by atoms with Crippen molar-refractivity contribution < 1.29 is 19.3 Å². The third-order valence-corrected chi connectivity index (χ3v) is 6.05. The lowest BCUT2D eigenvalue weighted by molar-refractivity contribution is -0.687. The molecule has 0 bridgehead atoms. The van der Waals surface area contributed by atoms with Gasteiger partial charge in [0.2, 0.25) is 17.1 Å². The predicted molar refractivity (Wildman–Crippen MR) is 81.2 cm³/mol. The number of nitrogens with two attached hydrogens (primary N) is 1. The van der Waals surface area contributed by atoms with Crippen molar-refractivity contribution in [1.82, 2.24) is 9.30 Å². The Hall–Kier alpha value is -1.84. The number of thiazole rings is 1. The molecule has 0 aromatic carbocycles. The number of carboxylic acid groups (broad SMARTS) is 1. The number of β-lactam (4-membered cyclic amide) rings is 1. The first-order valence-corrected chi connectivity index (χ1v) is 8.59. The molecule has 0 unspecified atom stereocenters. The van der Waals surface area contributed by atoms with Crippen LogP contribution in [0.2, 0.25) is 0 Å². The van der Waals surface area contributed by atoms with Gasteiger partial charge in [-0.05, 0) is 0 Å². The van der Waals surface area contributed by atoms with E-state index in [1.807, 2.05) is 33.1 Å². The molecule has 0 aliphatic carbocycles. The molecule has 1 saturated heterocycles. The van der Waals surface area contributed by atoms with Crippen LogP contribution in [0.25, 0.3) is 4.83 Å². The van der Waals surface area contributed by atoms with Gasteiger partial charge in [0.25, 0.3) is 0 Å². The predicted octanol–water partition coefficient (Wildman–Crippen LogP) is -0.131. The Morgan fingerprint density at radius 1 is 1.55 bits per heavy atom. The molecule has 3 N–H and O–H groups in total. The number of carbonyl (C=O) groups excluding carboxylic acids is 1. The number of aromatic nitrogens is 2. The van der Waals surface area contributed by atoms with Crippen LogP contribution >= 0.6 is 23.1 Å². The summed E-state index contributed by atoms with van der Waals surface area (Å²) in [6, 6.07) is -0.589. The second kappa shape index (κ2) is 4.83. The van der Waals surface area contributed by atoms with Gasteiger partial charge in [-0.25, -0.2) is 9.36 Å². The third-order valence-electron chi connectivity index (χ3n) is 3.88. The van der Waals surface area contributed by atoms with E-state index in [-0.39, 0.29) is 17.0 Å². The summed E-state index contributed by atoms with van der Waals surface area (Å²) in [5, 5.41) is 11.2. The highest BCUT2D eigenvalue weighted by Crippen LogP contribution is 2.39. The molecule has 1 amide bonds. The highest BCUT2D eigenvalue weighted by atomic mass is 32.2. The number of carbonyl (C=O) groups is 2. The molecule has 0 radical (unpaired) electrons. The van der Waals surface area contributed by atoms with Gasteiger partial charge in [-0.15, -0.1) is 11.8 Å². The standard InChI is InChI=1S/C13H12N4O3S2/c14-9-11(18)17-10(13(19)20)7(5-22-12(9)17)3-15-4-8-16(6-15)1-2-21-8/h1-2,4,6,9,12H,3,5,14H2/p+1/t9-,12-/m1/s1. The van der Waals surface area contributed by atoms with Crippen LogP contribution in [-0.4, -0.2) is 43.5 Å². The van der Waals surface area contributed by atoms with Crippen LogP contribution in [0, 0.1) is 0 Å². The van der Waals surface area contributed by atoms with Crippen molar-refractivity contribution >= 4 is 39.8 Å². The Balaban J connectivity index is 1.70. The topological polar surface area (TPSA) is 91.9 Å². The third kappa shape index (κ3) is 1.89. The van der Waals surface area contributed by atoms with Crippen LogP contribution in [0.15, 0.2) is 35.4 Å². The Labute approximate surface area is 133 Å². The van der Waals surface area contributed by atoms with Crippen molar-refractivity contribution in [1.29, 1.82) is 0 Å². The first-order chi connectivity index (χ1) is 10.6. The largest absolute Gasteiger partial charge is 0.477 e. The van der Waals surface area contributed by atoms with Gasteiger partial charge >= 0.3 is 5.97 Å². The fourth-order valence-corrected chi connectivity index (χ4v) is 4.88. The lowest BCUT2D eigenvalue weighted by Crippen LogP contribution is -2.68. The van der Waals surface area contributed by atoms with Gasteiger partial charge in [-0.3, -0.25) is 9.69 Å². The molecule has 2 aromatic rings. The van der Waals surface area contributed by atoms with E-state index in [1.165, 1.54) is 16.7 Å². The molecule has 2 aliphatic rings. The molecule has 7 nitrogen and oxygen atoms in total. The van der Waals surface area contributed by atoms with E-state index in [9.17, 15) is 14.7 Å². The molecule has 114 valence electrons. The van der Waals surface area contributed by atoms with Crippen LogP contribution in [0.4, 0.5) is 0 Å². The number of nitrogens with zero attached hydrogens (tertiary/aromatic N) is 3. The molecule has 0 spiro atoms. The van der Waals surface area contributed by atoms with Gasteiger partial charge in [0, 0.05) is 16.7 Å². The van der Waals surface area contributed by atoms with Crippen molar-refractivity contribution in [3.05, 3.63) is 35.4 Å². The van der Waals surface area contributed by atoms with Gasteiger partial charge in [0.15, 0.2) is 0 Å². The fraction of sp³-hybridized carbons (Fsp3) is 0.308. The molecule has 2 atom stereocenters. The van der Waals surface area contributed by atoms with E-state index >= 15 is 0 Å². The van der Waals surface area contributed by atoms with E-state index in [4.69, 9.17) is 5.73 Å². The maximum absolute atomic E-state index is 11.9. The van der Waals surface area contributed by atoms with E-state index < -0.39 is 12.0 Å². The van der Waals surface area contributed by atoms with Crippen LogP contribution in [0.1, 0.15) is 0 Å². The number of imidazole rings is 1. The summed E-state index contributed by atoms with van der Waals surface area (Å²) in [6.45, 7) is 0.453. The number of hydrogen-bond donors (Lipinski definition) is 2. The van der Waals surface area contributed by atoms with Gasteiger partial charge in [-0.1, -0.05) is 11.3 Å². The Bertz CT molecular complexity index is 796. The quantitative estimate of drug-likeness (QED) is 0.601. The monoisotopic (exact) mass is 337 g/mol. The zero-order chi connectivity index (χ0) is 15.4. The second-order valence-electron chi connectivity index (χ2n) is 5.26. The van der Waals surface area contributed by atoms with Crippen LogP contribution in [0.3, 0.4) is 0 Å². The fourth-order valence-electron chi connectivity index (χ4n) is 2.84. The minimum Gasteiger partial charge on any atom is -0.477 e. The second-order valence-corrected chi connectivity index (χ2v) is 7.29. The Morgan fingerprint density at radius 3 is 3.09 bits per heavy atom. The van der Waals surface area contributed by atoms with Crippen LogP contribution in [0.5, 0.6) is 0 Å². The van der Waals surface area contributed by atoms with Crippen LogP contribution < -0.4 is 10.3 Å². The zero-order valence-electron chi connectivity index (χ0n) is 11.4. The van der Waals surface area contributed by atoms with Crippen molar-refractivity contribution in [2.45, 2.75) is 18.0 Å². The molecule has 2 aromatic heterocycles. The number of amides is 1. The summed E-state index contributed by atoms with van der Waals surface area (Å²) in [5.74, 6) is -0.808. The number of hydrogen-bond acceptors (Lipinski definition) is 5. The summed E-state index contributed by atoms with van der Waals surface area (Å²) in [5.41, 5.74) is 6.57. The number of carboxylic acids is 1. The first-order valence-electron chi connectivity index (χ1n) is 6.66. The molecule has 4 heterocycles. The molecule has 4 rings (SSSR count). The summed E-state index contributed by atoms with van der Waals surface area (Å²) >= 11 is 3.14. The van der Waals surface area contributed by atoms with Crippen LogP contribution in [-0.2, 0) is 16.1 Å². The highest BCUT2D eigenvalue weighted by Gasteiger charge is 2.51. The van der Waals surface area contributed by atoms with Gasteiger partial charge in [-0.2, -0.15) is 4.40 Å². The van der Waals surface area contributed by atoms with Crippen molar-refractivity contribution in [2.75, 3.05) is 5.75 Å². The number of thioether (sulfide) groups is 1. The van der Waals surface area contributed by atoms with Gasteiger partial charge in [0.1, 0.15) is 36.1 Å². The molecule has 2 aliphatic heterocycles. The van der Waals surface area contributed by atoms with E-state index in [1.54, 1.807) is 11.3 Å². The Morgan fingerprint density at radius 2 is 2.36 bits per heavy atom. The van der Waals surface area contributed by atoms with E-state index in [0.29, 0.717) is 12.3 Å². The Kier molecular flexibility index (Phi) is 3.03. The lowest BCUT2D eigenvalue weighted by atomic mass is 10.0. The summed E-state index contributed by atoms with van der Waals surface area (Å²) < 4.78 is 3.92. The molecular formula is C13H13N4O3S2+. The van der Waals surface area contributed by atoms with Crippen molar-refractivity contribution in [3.8, 4) is 0 Å². The lowest BCUT2D eigenvalue weighted by Gasteiger charge is -2.47. The highest BCUT2D eigenvalue weighted by molar-refractivity contribution is 8.00. The average Bonchev–Trinajstić information content (AvgIpc) is 3.06. The van der Waals surface area contributed by atoms with Gasteiger partial charge in [0.05, 0.1) is 0 Å². The minimum atomic E-state index is -1.07. The van der Waals surface area contributed by atoms with Crippen molar-refractivity contribution in [2.24, 2.45) is 5.73 Å². The van der Waals surface area contributed by atoms with E-state index in [0.717, 1.165) is 10.4 Å². The summed E-state index contributed by atoms with van der Waals surface area (Å²) in [6.07, 6.45) is 5.84. The van der Waals surface area contributed by atoms with Gasteiger partial charge < -0.3 is 10.8 Å². The SMILES string of the molecule is N[C@@H]1C(=O)N2C(C(=O)O)=C(C[n+]3cc4sccn4c3)CS[C@H]12. The maximum Gasteiger partial charge on any atom is 0.352 e. The summed E-state index contributed by atoms with van der Waals surface area (Å²) in [4.78, 5) is 25.9. The first kappa shape index (κ1) is 13.8. The number of aliphatic carboxylic acids is 1. The number of fused-ring (bicyclic) bond motifs is 2. The van der Waals surface area contributed by atoms with E-state index in [2.05, 4.69) is 0 Å². The molecule has 0 saturated carbocycles. The molecule has 1 fully saturated rings. The number of rotatable bonds is 3. The average molecular weight is 337 g/mol. The normalized spacial score (nSPS) is 24.6. The smallest absolute Gasteiger partial charge is 0.352 e. The van der Waals surface area contributed by atoms with Crippen molar-refractivity contribution in [3.63, 3.8) is 0 Å². The molecule has 9 heteroatoms.